The van der Waals surface area contributed by atoms with E-state index in [2.05, 4.69) is 5.10 Å². The highest BCUT2D eigenvalue weighted by Crippen LogP contribution is 2.18. The van der Waals surface area contributed by atoms with Gasteiger partial charge in [0.1, 0.15) is 0 Å². The average molecular weight is 340 g/mol. The Hall–Kier alpha value is -1.41. The normalized spacial score (nSPS) is 23.8. The van der Waals surface area contributed by atoms with E-state index < -0.39 is 9.84 Å². The van der Waals surface area contributed by atoms with Gasteiger partial charge in [-0.15, -0.1) is 0 Å². The Balaban J connectivity index is 1.62. The van der Waals surface area contributed by atoms with Gasteiger partial charge in [-0.05, 0) is 32.9 Å². The fraction of sp³-hybridized carbons (Fsp3) is 0.733. The first-order valence-corrected chi connectivity index (χ1v) is 9.88. The van der Waals surface area contributed by atoms with Crippen molar-refractivity contribution in [1.29, 1.82) is 0 Å². The van der Waals surface area contributed by atoms with Crippen LogP contribution < -0.4 is 0 Å². The van der Waals surface area contributed by atoms with Crippen LogP contribution in [0.1, 0.15) is 24.2 Å². The number of sulfone groups is 1. The summed E-state index contributed by atoms with van der Waals surface area (Å²) in [5.41, 5.74) is 2.04. The maximum absolute atomic E-state index is 12.6. The largest absolute Gasteiger partial charge is 0.336 e. The number of aromatic nitrogens is 2. The first kappa shape index (κ1) is 16.4. The maximum atomic E-state index is 12.6. The molecule has 128 valence electrons. The zero-order valence-electron chi connectivity index (χ0n) is 13.7. The number of hydrogen-bond donors (Lipinski definition) is 0. The van der Waals surface area contributed by atoms with Crippen LogP contribution in [-0.4, -0.2) is 71.6 Å². The number of likely N-dealkylation sites (N-methyl/N-ethyl adjacent to an activating group) is 1. The second kappa shape index (κ2) is 6.24. The van der Waals surface area contributed by atoms with Crippen molar-refractivity contribution < 1.29 is 13.2 Å². The summed E-state index contributed by atoms with van der Waals surface area (Å²) in [6.07, 6.45) is 1.51. The molecule has 1 aromatic rings. The van der Waals surface area contributed by atoms with Crippen LogP contribution in [0.2, 0.25) is 0 Å². The topological polar surface area (TPSA) is 75.5 Å². The first-order chi connectivity index (χ1) is 10.8. The fourth-order valence-electron chi connectivity index (χ4n) is 3.38. The Morgan fingerprint density at radius 3 is 2.91 bits per heavy atom. The van der Waals surface area contributed by atoms with Crippen molar-refractivity contribution >= 4 is 15.7 Å². The minimum atomic E-state index is -2.92. The van der Waals surface area contributed by atoms with E-state index in [0.717, 1.165) is 30.9 Å². The zero-order valence-corrected chi connectivity index (χ0v) is 14.5. The number of aryl methyl sites for hydroxylation is 2. The molecule has 0 N–H and O–H groups in total. The quantitative estimate of drug-likeness (QED) is 0.777. The van der Waals surface area contributed by atoms with Crippen molar-refractivity contribution in [3.05, 3.63) is 17.5 Å². The SMILES string of the molecule is Cc1cc2n(n1)CCCN(C(=O)CN(C)C1CCS(=O)(=O)C1)C2. The molecule has 0 saturated carbocycles. The van der Waals surface area contributed by atoms with Crippen LogP contribution in [-0.2, 0) is 27.7 Å². The van der Waals surface area contributed by atoms with Gasteiger partial charge in [-0.2, -0.15) is 5.10 Å². The summed E-state index contributed by atoms with van der Waals surface area (Å²) < 4.78 is 25.2. The number of hydrogen-bond acceptors (Lipinski definition) is 5. The third-order valence-corrected chi connectivity index (χ3v) is 6.46. The maximum Gasteiger partial charge on any atom is 0.237 e. The summed E-state index contributed by atoms with van der Waals surface area (Å²) in [5, 5.41) is 4.45. The van der Waals surface area contributed by atoms with E-state index in [1.165, 1.54) is 0 Å². The Morgan fingerprint density at radius 1 is 1.43 bits per heavy atom. The highest BCUT2D eigenvalue weighted by atomic mass is 32.2. The number of fused-ring (bicyclic) bond motifs is 1. The molecule has 0 aromatic carbocycles. The molecule has 2 aliphatic heterocycles. The Labute approximate surface area is 137 Å². The molecule has 7 nitrogen and oxygen atoms in total. The predicted octanol–water partition coefficient (Wildman–Crippen LogP) is 0.0427. The van der Waals surface area contributed by atoms with Crippen LogP contribution >= 0.6 is 0 Å². The molecular weight excluding hydrogens is 316 g/mol. The van der Waals surface area contributed by atoms with Crippen molar-refractivity contribution in [2.24, 2.45) is 0 Å². The van der Waals surface area contributed by atoms with E-state index in [-0.39, 0.29) is 30.0 Å². The summed E-state index contributed by atoms with van der Waals surface area (Å²) in [6, 6.07) is 1.99. The van der Waals surface area contributed by atoms with Crippen molar-refractivity contribution in [2.45, 2.75) is 38.9 Å². The molecule has 0 aliphatic carbocycles. The van der Waals surface area contributed by atoms with Crippen LogP contribution in [0.4, 0.5) is 0 Å². The molecule has 2 aliphatic rings. The number of carbonyl (C=O) groups is 1. The van der Waals surface area contributed by atoms with Gasteiger partial charge >= 0.3 is 0 Å². The Morgan fingerprint density at radius 2 is 2.22 bits per heavy atom. The van der Waals surface area contributed by atoms with Gasteiger partial charge in [0.2, 0.25) is 5.91 Å². The molecule has 8 heteroatoms. The molecule has 1 unspecified atom stereocenters. The zero-order chi connectivity index (χ0) is 16.6. The summed E-state index contributed by atoms with van der Waals surface area (Å²) >= 11 is 0. The van der Waals surface area contributed by atoms with Gasteiger partial charge in [-0.25, -0.2) is 8.42 Å². The highest BCUT2D eigenvalue weighted by molar-refractivity contribution is 7.91. The number of rotatable bonds is 3. The van der Waals surface area contributed by atoms with Gasteiger partial charge in [0.25, 0.3) is 0 Å². The van der Waals surface area contributed by atoms with Gasteiger partial charge in [0.15, 0.2) is 9.84 Å². The van der Waals surface area contributed by atoms with Crippen molar-refractivity contribution in [1.82, 2.24) is 19.6 Å². The number of amides is 1. The molecule has 1 fully saturated rings. The summed E-state index contributed by atoms with van der Waals surface area (Å²) in [4.78, 5) is 16.4. The van der Waals surface area contributed by atoms with Gasteiger partial charge in [0, 0.05) is 19.1 Å². The van der Waals surface area contributed by atoms with Gasteiger partial charge in [-0.3, -0.25) is 14.4 Å². The summed E-state index contributed by atoms with van der Waals surface area (Å²) in [5.74, 6) is 0.463. The molecule has 1 saturated heterocycles. The molecule has 3 heterocycles. The second-order valence-corrected chi connectivity index (χ2v) is 8.87. The molecule has 1 atom stereocenters. The van der Waals surface area contributed by atoms with Crippen molar-refractivity contribution in [2.75, 3.05) is 31.6 Å². The lowest BCUT2D eigenvalue weighted by molar-refractivity contribution is -0.133. The van der Waals surface area contributed by atoms with Crippen molar-refractivity contribution in [3.8, 4) is 0 Å². The van der Waals surface area contributed by atoms with Crippen LogP contribution in [0.3, 0.4) is 0 Å². The van der Waals surface area contributed by atoms with E-state index in [1.807, 2.05) is 34.5 Å². The smallest absolute Gasteiger partial charge is 0.237 e. The molecule has 0 bridgehead atoms. The molecule has 1 aromatic heterocycles. The molecule has 3 rings (SSSR count). The van der Waals surface area contributed by atoms with E-state index >= 15 is 0 Å². The standard InChI is InChI=1S/C15H24N4O3S/c1-12-8-14-9-18(5-3-6-19(14)16-12)15(20)10-17(2)13-4-7-23(21,22)11-13/h8,13H,3-7,9-11H2,1-2H3. The summed E-state index contributed by atoms with van der Waals surface area (Å²) in [6.45, 7) is 4.37. The van der Waals surface area contributed by atoms with Crippen LogP contribution in [0.15, 0.2) is 6.07 Å². The number of nitrogens with zero attached hydrogens (tertiary/aromatic N) is 4. The monoisotopic (exact) mass is 340 g/mol. The highest BCUT2D eigenvalue weighted by Gasteiger charge is 2.32. The molecule has 0 spiro atoms. The Kier molecular flexibility index (Phi) is 4.46. The molecular formula is C15H24N4O3S. The van der Waals surface area contributed by atoms with Crippen LogP contribution in [0, 0.1) is 6.92 Å². The van der Waals surface area contributed by atoms with E-state index in [1.54, 1.807) is 0 Å². The van der Waals surface area contributed by atoms with E-state index in [4.69, 9.17) is 0 Å². The van der Waals surface area contributed by atoms with Crippen LogP contribution in [0.25, 0.3) is 0 Å². The van der Waals surface area contributed by atoms with Gasteiger partial charge < -0.3 is 4.90 Å². The minimum absolute atomic E-state index is 0.0382. The van der Waals surface area contributed by atoms with E-state index in [9.17, 15) is 13.2 Å². The first-order valence-electron chi connectivity index (χ1n) is 8.06. The number of carbonyl (C=O) groups excluding carboxylic acids is 1. The van der Waals surface area contributed by atoms with Crippen molar-refractivity contribution in [3.63, 3.8) is 0 Å². The lowest BCUT2D eigenvalue weighted by Crippen LogP contribution is -2.43. The second-order valence-electron chi connectivity index (χ2n) is 6.64. The third-order valence-electron chi connectivity index (χ3n) is 4.71. The van der Waals surface area contributed by atoms with Gasteiger partial charge in [0.05, 0.1) is 36.0 Å². The van der Waals surface area contributed by atoms with E-state index in [0.29, 0.717) is 13.0 Å². The third kappa shape index (κ3) is 3.74. The summed E-state index contributed by atoms with van der Waals surface area (Å²) in [7, 11) is -1.08. The predicted molar refractivity (Wildman–Crippen MR) is 86.7 cm³/mol. The molecule has 1 amide bonds. The fourth-order valence-corrected chi connectivity index (χ4v) is 5.19. The van der Waals surface area contributed by atoms with Crippen LogP contribution in [0.5, 0.6) is 0 Å². The van der Waals surface area contributed by atoms with Gasteiger partial charge in [-0.1, -0.05) is 0 Å². The minimum Gasteiger partial charge on any atom is -0.336 e. The lowest BCUT2D eigenvalue weighted by atomic mass is 10.2. The average Bonchev–Trinajstić information content (AvgIpc) is 2.94. The molecule has 23 heavy (non-hydrogen) atoms. The molecule has 0 radical (unpaired) electrons. The lowest BCUT2D eigenvalue weighted by Gasteiger charge is -2.27. The Bertz CT molecular complexity index is 698.